The summed E-state index contributed by atoms with van der Waals surface area (Å²) in [6.07, 6.45) is 2.53. The van der Waals surface area contributed by atoms with E-state index in [1.54, 1.807) is 19.1 Å². The van der Waals surface area contributed by atoms with Crippen LogP contribution in [0, 0.1) is 10.1 Å². The third-order valence-electron chi connectivity index (χ3n) is 7.01. The number of aromatic nitrogens is 2. The number of carbonyl (C=O) groups excluding carboxylic acids is 1. The second-order valence-electron chi connectivity index (χ2n) is 9.31. The summed E-state index contributed by atoms with van der Waals surface area (Å²) in [4.78, 5) is 33.4. The van der Waals surface area contributed by atoms with Gasteiger partial charge >= 0.3 is 5.97 Å². The van der Waals surface area contributed by atoms with Crippen molar-refractivity contribution in [1.29, 1.82) is 0 Å². The van der Waals surface area contributed by atoms with Crippen LogP contribution in [0.1, 0.15) is 36.6 Å². The molecule has 1 unspecified atom stereocenters. The number of nitro groups is 1. The molecule has 4 heterocycles. The number of pyridine rings is 1. The summed E-state index contributed by atoms with van der Waals surface area (Å²) >= 11 is 1.36. The van der Waals surface area contributed by atoms with Crippen molar-refractivity contribution in [3.05, 3.63) is 86.9 Å². The number of nitro benzene ring substituents is 1. The topological polar surface area (TPSA) is 114 Å². The van der Waals surface area contributed by atoms with E-state index in [2.05, 4.69) is 20.1 Å². The van der Waals surface area contributed by atoms with Crippen LogP contribution in [-0.2, 0) is 16.0 Å². The first-order valence-corrected chi connectivity index (χ1v) is 13.5. The van der Waals surface area contributed by atoms with Crippen LogP contribution in [-0.4, -0.2) is 64.5 Å². The van der Waals surface area contributed by atoms with E-state index >= 15 is 0 Å². The Morgan fingerprint density at radius 3 is 2.74 bits per heavy atom. The molecule has 0 aliphatic carbocycles. The predicted octanol–water partition coefficient (Wildman–Crippen LogP) is 4.21. The van der Waals surface area contributed by atoms with Crippen molar-refractivity contribution in [2.75, 3.05) is 49.5 Å². The maximum absolute atomic E-state index is 13.1. The quantitative estimate of drug-likeness (QED) is 0.258. The van der Waals surface area contributed by atoms with Crippen LogP contribution < -0.4 is 10.2 Å². The molecule has 1 saturated heterocycles. The van der Waals surface area contributed by atoms with E-state index < -0.39 is 16.8 Å². The number of nitrogens with zero attached hydrogens (tertiary/aromatic N) is 5. The van der Waals surface area contributed by atoms with Gasteiger partial charge in [0, 0.05) is 74.7 Å². The Morgan fingerprint density at radius 2 is 2.03 bits per heavy atom. The van der Waals surface area contributed by atoms with Crippen molar-refractivity contribution < 1.29 is 14.5 Å². The molecule has 38 heavy (non-hydrogen) atoms. The van der Waals surface area contributed by atoms with E-state index in [-0.39, 0.29) is 12.3 Å². The molecule has 3 aromatic rings. The first-order valence-electron chi connectivity index (χ1n) is 12.7. The van der Waals surface area contributed by atoms with E-state index in [0.717, 1.165) is 54.8 Å². The molecule has 1 aromatic carbocycles. The summed E-state index contributed by atoms with van der Waals surface area (Å²) in [5.74, 6) is 0.0719. The van der Waals surface area contributed by atoms with Crippen molar-refractivity contribution in [2.24, 2.45) is 0 Å². The summed E-state index contributed by atoms with van der Waals surface area (Å²) in [6, 6.07) is 12.5. The molecule has 0 amide bonds. The third-order valence-corrected chi connectivity index (χ3v) is 7.82. The standard InChI is InChI=1S/C27H30N6O4S/c1-3-37-27(34)23-18(2)29-26-25(24(23)19-7-6-8-20(17-19)33(35)36)21(30-38-26)10-12-31-13-15-32(16-14-31)22-9-4-5-11-28-22/h4-9,11,17,24,29H,3,10,12-16H2,1-2H3. The lowest BCUT2D eigenvalue weighted by Gasteiger charge is -2.35. The monoisotopic (exact) mass is 534 g/mol. The Kier molecular flexibility index (Phi) is 7.66. The van der Waals surface area contributed by atoms with Gasteiger partial charge in [0.05, 0.1) is 22.8 Å². The van der Waals surface area contributed by atoms with Crippen molar-refractivity contribution in [3.8, 4) is 0 Å². The number of hydrogen-bond acceptors (Lipinski definition) is 10. The van der Waals surface area contributed by atoms with Crippen LogP contribution in [0.5, 0.6) is 0 Å². The van der Waals surface area contributed by atoms with E-state index in [4.69, 9.17) is 9.11 Å². The zero-order valence-corrected chi connectivity index (χ0v) is 22.2. The van der Waals surface area contributed by atoms with Crippen molar-refractivity contribution in [1.82, 2.24) is 14.3 Å². The Morgan fingerprint density at radius 1 is 1.21 bits per heavy atom. The molecule has 10 nitrogen and oxygen atoms in total. The van der Waals surface area contributed by atoms with E-state index in [9.17, 15) is 14.9 Å². The highest BCUT2D eigenvalue weighted by molar-refractivity contribution is 7.10. The van der Waals surface area contributed by atoms with Crippen LogP contribution in [0.3, 0.4) is 0 Å². The predicted molar refractivity (Wildman–Crippen MR) is 147 cm³/mol. The Bertz CT molecular complexity index is 1350. The van der Waals surface area contributed by atoms with Crippen molar-refractivity contribution in [2.45, 2.75) is 26.2 Å². The van der Waals surface area contributed by atoms with Gasteiger partial charge < -0.3 is 15.0 Å². The highest BCUT2D eigenvalue weighted by atomic mass is 32.1. The average molecular weight is 535 g/mol. The number of allylic oxidation sites excluding steroid dienone is 1. The minimum Gasteiger partial charge on any atom is -0.463 e. The Hall–Kier alpha value is -3.83. The van der Waals surface area contributed by atoms with Crippen molar-refractivity contribution in [3.63, 3.8) is 0 Å². The Labute approximate surface area is 225 Å². The van der Waals surface area contributed by atoms with Gasteiger partial charge in [-0.15, -0.1) is 0 Å². The van der Waals surface area contributed by atoms with Gasteiger partial charge in [-0.05, 0) is 43.1 Å². The van der Waals surface area contributed by atoms with E-state index in [1.165, 1.54) is 17.6 Å². The van der Waals surface area contributed by atoms with Crippen LogP contribution in [0.2, 0.25) is 0 Å². The largest absolute Gasteiger partial charge is 0.463 e. The molecule has 1 N–H and O–H groups in total. The summed E-state index contributed by atoms with van der Waals surface area (Å²) in [5.41, 5.74) is 3.60. The zero-order chi connectivity index (χ0) is 26.6. The number of carbonyl (C=O) groups is 1. The highest BCUT2D eigenvalue weighted by Gasteiger charge is 2.37. The maximum Gasteiger partial charge on any atom is 0.336 e. The molecule has 1 fully saturated rings. The summed E-state index contributed by atoms with van der Waals surface area (Å²) in [7, 11) is 0. The van der Waals surface area contributed by atoms with Gasteiger partial charge in [-0.25, -0.2) is 9.78 Å². The number of nitrogens with one attached hydrogen (secondary N) is 1. The molecule has 2 aliphatic rings. The molecule has 2 aromatic heterocycles. The fourth-order valence-corrected chi connectivity index (χ4v) is 6.06. The number of esters is 1. The first-order chi connectivity index (χ1) is 18.5. The average Bonchev–Trinajstić information content (AvgIpc) is 3.34. The molecule has 0 radical (unpaired) electrons. The van der Waals surface area contributed by atoms with Gasteiger partial charge in [0.25, 0.3) is 5.69 Å². The van der Waals surface area contributed by atoms with E-state index in [0.29, 0.717) is 23.3 Å². The van der Waals surface area contributed by atoms with Crippen LogP contribution in [0.25, 0.3) is 0 Å². The van der Waals surface area contributed by atoms with Gasteiger partial charge in [-0.2, -0.15) is 4.37 Å². The van der Waals surface area contributed by atoms with Gasteiger partial charge in [0.15, 0.2) is 0 Å². The second-order valence-corrected chi connectivity index (χ2v) is 10.1. The summed E-state index contributed by atoms with van der Waals surface area (Å²) < 4.78 is 10.2. The summed E-state index contributed by atoms with van der Waals surface area (Å²) in [6.45, 7) is 8.31. The maximum atomic E-state index is 13.1. The van der Waals surface area contributed by atoms with Gasteiger partial charge in [0.2, 0.25) is 0 Å². The van der Waals surface area contributed by atoms with Gasteiger partial charge in [0.1, 0.15) is 10.8 Å². The molecule has 1 atom stereocenters. The molecule has 198 valence electrons. The molecule has 11 heteroatoms. The number of non-ortho nitro benzene ring substituents is 1. The minimum absolute atomic E-state index is 0.0149. The molecular weight excluding hydrogens is 504 g/mol. The van der Waals surface area contributed by atoms with Crippen LogP contribution in [0.4, 0.5) is 16.5 Å². The molecule has 2 aliphatic heterocycles. The lowest BCUT2D eigenvalue weighted by atomic mass is 9.81. The normalized spacial score (nSPS) is 17.6. The molecule has 0 bridgehead atoms. The Balaban J connectivity index is 1.39. The number of piperazine rings is 1. The number of ether oxygens (including phenoxy) is 1. The lowest BCUT2D eigenvalue weighted by molar-refractivity contribution is -0.384. The smallest absolute Gasteiger partial charge is 0.336 e. The number of rotatable bonds is 8. The fourth-order valence-electron chi connectivity index (χ4n) is 5.13. The van der Waals surface area contributed by atoms with Crippen LogP contribution in [0.15, 0.2) is 59.9 Å². The first kappa shape index (κ1) is 25.8. The number of benzene rings is 1. The molecule has 0 spiro atoms. The molecular formula is C27H30N6O4S. The van der Waals surface area contributed by atoms with Crippen molar-refractivity contribution >= 4 is 34.0 Å². The van der Waals surface area contributed by atoms with Crippen LogP contribution >= 0.6 is 11.5 Å². The SMILES string of the molecule is CCOC(=O)C1=C(C)Nc2snc(CCN3CCN(c4ccccn4)CC3)c2C1c1cccc([N+](=O)[O-])c1. The number of anilines is 2. The number of hydrogen-bond donors (Lipinski definition) is 1. The van der Waals surface area contributed by atoms with Gasteiger partial charge in [-0.1, -0.05) is 18.2 Å². The highest BCUT2D eigenvalue weighted by Crippen LogP contribution is 2.46. The molecule has 5 rings (SSSR count). The number of fused-ring (bicyclic) bond motifs is 1. The molecule has 0 saturated carbocycles. The second kappa shape index (κ2) is 11.3. The van der Waals surface area contributed by atoms with E-state index in [1.807, 2.05) is 37.4 Å². The fraction of sp³-hybridized carbons (Fsp3) is 0.370. The minimum atomic E-state index is -0.500. The lowest BCUT2D eigenvalue weighted by Crippen LogP contribution is -2.47. The zero-order valence-electron chi connectivity index (χ0n) is 21.4. The third kappa shape index (κ3) is 5.25. The van der Waals surface area contributed by atoms with Gasteiger partial charge in [-0.3, -0.25) is 15.0 Å². The summed E-state index contributed by atoms with van der Waals surface area (Å²) in [5, 5.41) is 15.7.